The smallest absolute Gasteiger partial charge is 0.325 e. The molecule has 100 valence electrons. The van der Waals surface area contributed by atoms with Gasteiger partial charge in [0.1, 0.15) is 5.54 Å². The molecule has 0 spiro atoms. The lowest BCUT2D eigenvalue weighted by molar-refractivity contribution is -0.147. The van der Waals surface area contributed by atoms with Crippen LogP contribution in [0, 0.1) is 11.3 Å². The van der Waals surface area contributed by atoms with Crippen molar-refractivity contribution < 1.29 is 9.53 Å². The first-order chi connectivity index (χ1) is 7.79. The zero-order valence-corrected chi connectivity index (χ0v) is 11.9. The topological polar surface area (TPSA) is 38.3 Å². The Hall–Kier alpha value is -0.570. The van der Waals surface area contributed by atoms with E-state index >= 15 is 0 Å². The van der Waals surface area contributed by atoms with E-state index in [1.807, 2.05) is 13.8 Å². The minimum atomic E-state index is -0.593. The molecule has 1 aliphatic carbocycles. The van der Waals surface area contributed by atoms with Crippen LogP contribution in [0.1, 0.15) is 53.4 Å². The highest BCUT2D eigenvalue weighted by Gasteiger charge is 2.35. The number of esters is 1. The number of rotatable bonds is 5. The van der Waals surface area contributed by atoms with Gasteiger partial charge in [0.15, 0.2) is 0 Å². The molecule has 0 aromatic heterocycles. The van der Waals surface area contributed by atoms with Gasteiger partial charge in [-0.2, -0.15) is 0 Å². The van der Waals surface area contributed by atoms with E-state index in [9.17, 15) is 4.79 Å². The first-order valence-electron chi connectivity index (χ1n) is 6.63. The van der Waals surface area contributed by atoms with E-state index in [1.165, 1.54) is 32.8 Å². The maximum atomic E-state index is 11.6. The van der Waals surface area contributed by atoms with E-state index in [1.54, 1.807) is 0 Å². The summed E-state index contributed by atoms with van der Waals surface area (Å²) < 4.78 is 4.80. The standard InChI is InChI=1S/C14H27NO2/c1-13(2,11-8-6-7-9-11)10-15-14(3,4)12(16)17-5/h11,15H,6-10H2,1-5H3. The molecular formula is C14H27NO2. The number of hydrogen-bond acceptors (Lipinski definition) is 3. The maximum absolute atomic E-state index is 11.6. The molecule has 0 radical (unpaired) electrons. The fourth-order valence-electron chi connectivity index (χ4n) is 2.63. The zero-order chi connectivity index (χ0) is 13.1. The summed E-state index contributed by atoms with van der Waals surface area (Å²) in [6.07, 6.45) is 5.36. The van der Waals surface area contributed by atoms with Gasteiger partial charge in [0, 0.05) is 6.54 Å². The minimum Gasteiger partial charge on any atom is -0.468 e. The largest absolute Gasteiger partial charge is 0.468 e. The number of carbonyl (C=O) groups is 1. The van der Waals surface area contributed by atoms with Crippen molar-refractivity contribution in [3.05, 3.63) is 0 Å². The van der Waals surface area contributed by atoms with Crippen LogP contribution in [0.3, 0.4) is 0 Å². The Morgan fingerprint density at radius 3 is 2.24 bits per heavy atom. The molecule has 1 fully saturated rings. The van der Waals surface area contributed by atoms with Gasteiger partial charge in [-0.15, -0.1) is 0 Å². The van der Waals surface area contributed by atoms with Crippen molar-refractivity contribution in [2.24, 2.45) is 11.3 Å². The molecule has 0 heterocycles. The summed E-state index contributed by atoms with van der Waals surface area (Å²) in [6.45, 7) is 9.21. The molecule has 1 rings (SSSR count). The number of methoxy groups -OCH3 is 1. The van der Waals surface area contributed by atoms with Crippen molar-refractivity contribution in [1.29, 1.82) is 0 Å². The third-order valence-electron chi connectivity index (χ3n) is 4.14. The summed E-state index contributed by atoms with van der Waals surface area (Å²) in [6, 6.07) is 0. The lowest BCUT2D eigenvalue weighted by Crippen LogP contribution is -2.51. The van der Waals surface area contributed by atoms with Crippen LogP contribution >= 0.6 is 0 Å². The molecule has 3 heteroatoms. The van der Waals surface area contributed by atoms with Gasteiger partial charge < -0.3 is 10.1 Å². The Balaban J connectivity index is 2.51. The van der Waals surface area contributed by atoms with Crippen molar-refractivity contribution in [1.82, 2.24) is 5.32 Å². The zero-order valence-electron chi connectivity index (χ0n) is 11.9. The summed E-state index contributed by atoms with van der Waals surface area (Å²) >= 11 is 0. The molecule has 3 nitrogen and oxygen atoms in total. The number of nitrogens with one attached hydrogen (secondary N) is 1. The quantitative estimate of drug-likeness (QED) is 0.752. The number of hydrogen-bond donors (Lipinski definition) is 1. The summed E-state index contributed by atoms with van der Waals surface area (Å²) in [4.78, 5) is 11.6. The van der Waals surface area contributed by atoms with Gasteiger partial charge in [-0.3, -0.25) is 4.79 Å². The molecule has 0 atom stereocenters. The summed E-state index contributed by atoms with van der Waals surface area (Å²) in [5, 5.41) is 3.35. The summed E-state index contributed by atoms with van der Waals surface area (Å²) in [5.41, 5.74) is -0.341. The molecule has 0 aliphatic heterocycles. The molecule has 0 bridgehead atoms. The van der Waals surface area contributed by atoms with Gasteiger partial charge >= 0.3 is 5.97 Å². The molecule has 0 amide bonds. The van der Waals surface area contributed by atoms with Crippen LogP contribution in [0.4, 0.5) is 0 Å². The SMILES string of the molecule is COC(=O)C(C)(C)NCC(C)(C)C1CCCC1. The predicted molar refractivity (Wildman–Crippen MR) is 69.8 cm³/mol. The van der Waals surface area contributed by atoms with Gasteiger partial charge in [0.2, 0.25) is 0 Å². The van der Waals surface area contributed by atoms with Gasteiger partial charge in [-0.1, -0.05) is 26.7 Å². The van der Waals surface area contributed by atoms with E-state index in [-0.39, 0.29) is 11.4 Å². The van der Waals surface area contributed by atoms with Crippen molar-refractivity contribution in [3.8, 4) is 0 Å². The fourth-order valence-corrected chi connectivity index (χ4v) is 2.63. The van der Waals surface area contributed by atoms with Crippen molar-refractivity contribution in [3.63, 3.8) is 0 Å². The van der Waals surface area contributed by atoms with Crippen LogP contribution in [0.25, 0.3) is 0 Å². The Labute approximate surface area is 105 Å². The lowest BCUT2D eigenvalue weighted by atomic mass is 9.77. The maximum Gasteiger partial charge on any atom is 0.325 e. The highest BCUT2D eigenvalue weighted by atomic mass is 16.5. The number of ether oxygens (including phenoxy) is 1. The second-order valence-electron chi connectivity index (χ2n) is 6.44. The van der Waals surface area contributed by atoms with Gasteiger partial charge in [-0.05, 0) is 38.0 Å². The van der Waals surface area contributed by atoms with Crippen molar-refractivity contribution in [2.45, 2.75) is 58.9 Å². The molecule has 1 N–H and O–H groups in total. The molecule has 0 unspecified atom stereocenters. The molecule has 0 aromatic carbocycles. The average Bonchev–Trinajstić information content (AvgIpc) is 2.79. The van der Waals surface area contributed by atoms with Crippen LogP contribution in [-0.2, 0) is 9.53 Å². The lowest BCUT2D eigenvalue weighted by Gasteiger charge is -2.35. The van der Waals surface area contributed by atoms with Crippen LogP contribution in [0.5, 0.6) is 0 Å². The monoisotopic (exact) mass is 241 g/mol. The van der Waals surface area contributed by atoms with Crippen LogP contribution in [-0.4, -0.2) is 25.2 Å². The summed E-state index contributed by atoms with van der Waals surface area (Å²) in [7, 11) is 1.44. The second kappa shape index (κ2) is 5.38. The average molecular weight is 241 g/mol. The first kappa shape index (κ1) is 14.5. The minimum absolute atomic E-state index is 0.195. The van der Waals surface area contributed by atoms with E-state index in [0.29, 0.717) is 0 Å². The molecular weight excluding hydrogens is 214 g/mol. The third-order valence-corrected chi connectivity index (χ3v) is 4.14. The summed E-state index contributed by atoms with van der Waals surface area (Å²) in [5.74, 6) is 0.586. The van der Waals surface area contributed by atoms with Crippen molar-refractivity contribution in [2.75, 3.05) is 13.7 Å². The highest BCUT2D eigenvalue weighted by molar-refractivity contribution is 5.79. The Bertz CT molecular complexity index is 265. The Morgan fingerprint density at radius 2 is 1.76 bits per heavy atom. The Morgan fingerprint density at radius 1 is 1.24 bits per heavy atom. The van der Waals surface area contributed by atoms with Crippen LogP contribution in [0.2, 0.25) is 0 Å². The van der Waals surface area contributed by atoms with Crippen LogP contribution < -0.4 is 5.32 Å². The molecule has 1 aliphatic rings. The van der Waals surface area contributed by atoms with Crippen molar-refractivity contribution >= 4 is 5.97 Å². The highest BCUT2D eigenvalue weighted by Crippen LogP contribution is 2.39. The van der Waals surface area contributed by atoms with E-state index in [0.717, 1.165) is 12.5 Å². The van der Waals surface area contributed by atoms with Gasteiger partial charge in [0.25, 0.3) is 0 Å². The number of carbonyl (C=O) groups excluding carboxylic acids is 1. The third kappa shape index (κ3) is 3.70. The molecule has 0 aromatic rings. The van der Waals surface area contributed by atoms with E-state index in [2.05, 4.69) is 19.2 Å². The van der Waals surface area contributed by atoms with Gasteiger partial charge in [-0.25, -0.2) is 0 Å². The van der Waals surface area contributed by atoms with E-state index < -0.39 is 5.54 Å². The normalized spacial score (nSPS) is 18.4. The second-order valence-corrected chi connectivity index (χ2v) is 6.44. The Kier molecular flexibility index (Phi) is 4.59. The molecule has 17 heavy (non-hydrogen) atoms. The van der Waals surface area contributed by atoms with Crippen LogP contribution in [0.15, 0.2) is 0 Å². The molecule has 0 saturated heterocycles. The van der Waals surface area contributed by atoms with Gasteiger partial charge in [0.05, 0.1) is 7.11 Å². The molecule has 1 saturated carbocycles. The predicted octanol–water partition coefficient (Wildman–Crippen LogP) is 2.74. The van der Waals surface area contributed by atoms with E-state index in [4.69, 9.17) is 4.74 Å². The fraction of sp³-hybridized carbons (Fsp3) is 0.929. The first-order valence-corrected chi connectivity index (χ1v) is 6.63.